The van der Waals surface area contributed by atoms with Gasteiger partial charge in [0.05, 0.1) is 23.8 Å². The molecule has 1 N–H and O–H groups in total. The van der Waals surface area contributed by atoms with Gasteiger partial charge in [-0.25, -0.2) is 4.98 Å². The number of aliphatic hydroxyl groups excluding tert-OH is 1. The largest absolute Gasteiger partial charge is 0.391 e. The molecule has 0 bridgehead atoms. The maximum atomic E-state index is 9.30. The van der Waals surface area contributed by atoms with Crippen molar-refractivity contribution in [1.29, 1.82) is 0 Å². The number of nitrogens with zero attached hydrogens (tertiary/aromatic N) is 2. The summed E-state index contributed by atoms with van der Waals surface area (Å²) in [5.41, 5.74) is 0.875. The van der Waals surface area contributed by atoms with Gasteiger partial charge < -0.3 is 14.7 Å². The molecule has 0 amide bonds. The Labute approximate surface area is 106 Å². The molecule has 0 unspecified atom stereocenters. The van der Waals surface area contributed by atoms with Gasteiger partial charge in [0, 0.05) is 20.2 Å². The highest BCUT2D eigenvalue weighted by atomic mass is 32.1. The van der Waals surface area contributed by atoms with E-state index in [1.807, 2.05) is 0 Å². The third-order valence-electron chi connectivity index (χ3n) is 3.37. The minimum Gasteiger partial charge on any atom is -0.391 e. The molecule has 0 radical (unpaired) electrons. The zero-order valence-electron chi connectivity index (χ0n) is 10.5. The van der Waals surface area contributed by atoms with Crippen molar-refractivity contribution >= 4 is 16.5 Å². The molecule has 0 aliphatic heterocycles. The van der Waals surface area contributed by atoms with E-state index >= 15 is 0 Å². The number of anilines is 1. The first-order chi connectivity index (χ1) is 8.26. The van der Waals surface area contributed by atoms with Crippen LogP contribution in [-0.4, -0.2) is 30.3 Å². The van der Waals surface area contributed by atoms with Gasteiger partial charge in [-0.3, -0.25) is 0 Å². The molecule has 0 atom stereocenters. The minimum absolute atomic E-state index is 0.0505. The van der Waals surface area contributed by atoms with E-state index in [0.29, 0.717) is 12.6 Å². The van der Waals surface area contributed by atoms with Crippen LogP contribution in [-0.2, 0) is 18.0 Å². The zero-order chi connectivity index (χ0) is 12.3. The van der Waals surface area contributed by atoms with Crippen LogP contribution in [0.15, 0.2) is 0 Å². The molecule has 0 spiro atoms. The average molecular weight is 256 g/mol. The molecule has 17 heavy (non-hydrogen) atoms. The summed E-state index contributed by atoms with van der Waals surface area (Å²) in [6, 6.07) is 0.614. The summed E-state index contributed by atoms with van der Waals surface area (Å²) >= 11 is 1.58. The summed E-state index contributed by atoms with van der Waals surface area (Å²) in [4.78, 5) is 7.76. The van der Waals surface area contributed by atoms with Gasteiger partial charge in [0.25, 0.3) is 0 Å². The second-order valence-electron chi connectivity index (χ2n) is 4.51. The lowest BCUT2D eigenvalue weighted by atomic mass is 10.2. The average Bonchev–Trinajstić information content (AvgIpc) is 2.97. The van der Waals surface area contributed by atoms with Crippen LogP contribution in [0.25, 0.3) is 0 Å². The standard InChI is InChI=1S/C12H20N2O2S/c1-14(9-5-3-4-6-9)12-13-10(8-16-2)11(7-15)17-12/h9,15H,3-8H2,1-2H3. The van der Waals surface area contributed by atoms with Gasteiger partial charge in [-0.05, 0) is 12.8 Å². The van der Waals surface area contributed by atoms with E-state index in [9.17, 15) is 5.11 Å². The number of methoxy groups -OCH3 is 1. The maximum absolute atomic E-state index is 9.30. The summed E-state index contributed by atoms with van der Waals surface area (Å²) in [5, 5.41) is 10.3. The van der Waals surface area contributed by atoms with Crippen LogP contribution in [0.1, 0.15) is 36.3 Å². The van der Waals surface area contributed by atoms with Gasteiger partial charge in [0.1, 0.15) is 0 Å². The Kier molecular flexibility index (Phi) is 4.36. The molecule has 1 aliphatic rings. The van der Waals surface area contributed by atoms with E-state index in [-0.39, 0.29) is 6.61 Å². The number of aliphatic hydroxyl groups is 1. The summed E-state index contributed by atoms with van der Waals surface area (Å²) < 4.78 is 5.10. The predicted molar refractivity (Wildman–Crippen MR) is 69.4 cm³/mol. The molecule has 1 fully saturated rings. The van der Waals surface area contributed by atoms with Crippen LogP contribution in [0.4, 0.5) is 5.13 Å². The number of hydrogen-bond acceptors (Lipinski definition) is 5. The Morgan fingerprint density at radius 3 is 2.76 bits per heavy atom. The lowest BCUT2D eigenvalue weighted by Gasteiger charge is -2.23. The Balaban J connectivity index is 2.14. The molecule has 0 saturated heterocycles. The Morgan fingerprint density at radius 1 is 1.47 bits per heavy atom. The van der Waals surface area contributed by atoms with Crippen molar-refractivity contribution in [3.63, 3.8) is 0 Å². The van der Waals surface area contributed by atoms with Gasteiger partial charge in [-0.2, -0.15) is 0 Å². The fourth-order valence-corrected chi connectivity index (χ4v) is 3.30. The second kappa shape index (κ2) is 5.80. The summed E-state index contributed by atoms with van der Waals surface area (Å²) in [6.45, 7) is 0.528. The molecule has 1 aromatic heterocycles. The SMILES string of the molecule is COCc1nc(N(C)C2CCCC2)sc1CO. The first-order valence-electron chi connectivity index (χ1n) is 6.07. The molecule has 96 valence electrons. The fourth-order valence-electron chi connectivity index (χ4n) is 2.34. The van der Waals surface area contributed by atoms with Crippen molar-refractivity contribution in [3.05, 3.63) is 10.6 Å². The smallest absolute Gasteiger partial charge is 0.185 e. The van der Waals surface area contributed by atoms with E-state index in [2.05, 4.69) is 16.9 Å². The van der Waals surface area contributed by atoms with Crippen LogP contribution < -0.4 is 4.90 Å². The molecule has 1 aromatic rings. The van der Waals surface area contributed by atoms with Crippen molar-refractivity contribution in [2.24, 2.45) is 0 Å². The van der Waals surface area contributed by atoms with E-state index in [1.165, 1.54) is 25.7 Å². The van der Waals surface area contributed by atoms with E-state index < -0.39 is 0 Å². The quantitative estimate of drug-likeness (QED) is 0.877. The highest BCUT2D eigenvalue weighted by Crippen LogP contribution is 2.31. The van der Waals surface area contributed by atoms with Crippen molar-refractivity contribution in [1.82, 2.24) is 4.98 Å². The van der Waals surface area contributed by atoms with Crippen molar-refractivity contribution in [2.75, 3.05) is 19.1 Å². The van der Waals surface area contributed by atoms with Crippen LogP contribution in [0.2, 0.25) is 0 Å². The molecule has 5 heteroatoms. The monoisotopic (exact) mass is 256 g/mol. The van der Waals surface area contributed by atoms with Gasteiger partial charge in [0.2, 0.25) is 0 Å². The normalized spacial score (nSPS) is 16.6. The van der Waals surface area contributed by atoms with Gasteiger partial charge in [-0.15, -0.1) is 0 Å². The van der Waals surface area contributed by atoms with Gasteiger partial charge in [-0.1, -0.05) is 24.2 Å². The van der Waals surface area contributed by atoms with Crippen molar-refractivity contribution in [3.8, 4) is 0 Å². The second-order valence-corrected chi connectivity index (χ2v) is 5.57. The van der Waals surface area contributed by atoms with Gasteiger partial charge in [0.15, 0.2) is 5.13 Å². The lowest BCUT2D eigenvalue weighted by Crippen LogP contribution is -2.28. The number of rotatable bonds is 5. The molecule has 4 nitrogen and oxygen atoms in total. The summed E-state index contributed by atoms with van der Waals surface area (Å²) in [5.74, 6) is 0. The molecule has 0 aromatic carbocycles. The number of ether oxygens (including phenoxy) is 1. The third kappa shape index (κ3) is 2.78. The highest BCUT2D eigenvalue weighted by Gasteiger charge is 2.23. The molecular formula is C12H20N2O2S. The molecule has 1 heterocycles. The molecule has 2 rings (SSSR count). The summed E-state index contributed by atoms with van der Waals surface area (Å²) in [7, 11) is 3.76. The Bertz CT molecular complexity index is 361. The molecule has 1 aliphatic carbocycles. The van der Waals surface area contributed by atoms with Crippen molar-refractivity contribution in [2.45, 2.75) is 44.9 Å². The maximum Gasteiger partial charge on any atom is 0.185 e. The van der Waals surface area contributed by atoms with Gasteiger partial charge >= 0.3 is 0 Å². The Hall–Kier alpha value is -0.650. The van der Waals surface area contributed by atoms with E-state index in [1.54, 1.807) is 18.4 Å². The first-order valence-corrected chi connectivity index (χ1v) is 6.89. The number of thiazole rings is 1. The van der Waals surface area contributed by atoms with E-state index in [4.69, 9.17) is 4.74 Å². The third-order valence-corrected chi connectivity index (χ3v) is 4.54. The van der Waals surface area contributed by atoms with Crippen LogP contribution >= 0.6 is 11.3 Å². The van der Waals surface area contributed by atoms with E-state index in [0.717, 1.165) is 15.7 Å². The van der Waals surface area contributed by atoms with Crippen LogP contribution in [0.3, 0.4) is 0 Å². The van der Waals surface area contributed by atoms with Crippen LogP contribution in [0.5, 0.6) is 0 Å². The zero-order valence-corrected chi connectivity index (χ0v) is 11.3. The van der Waals surface area contributed by atoms with Crippen LogP contribution in [0, 0.1) is 0 Å². The fraction of sp³-hybridized carbons (Fsp3) is 0.750. The highest BCUT2D eigenvalue weighted by molar-refractivity contribution is 7.15. The summed E-state index contributed by atoms with van der Waals surface area (Å²) in [6.07, 6.45) is 5.14. The topological polar surface area (TPSA) is 45.6 Å². The number of aromatic nitrogens is 1. The predicted octanol–water partition coefficient (Wildman–Crippen LogP) is 2.16. The van der Waals surface area contributed by atoms with Crippen molar-refractivity contribution < 1.29 is 9.84 Å². The lowest BCUT2D eigenvalue weighted by molar-refractivity contribution is 0.179. The Morgan fingerprint density at radius 2 is 2.18 bits per heavy atom. The number of hydrogen-bond donors (Lipinski definition) is 1. The first kappa shape index (κ1) is 12.8. The molecule has 1 saturated carbocycles. The molecular weight excluding hydrogens is 236 g/mol. The minimum atomic E-state index is 0.0505.